The van der Waals surface area contributed by atoms with Crippen molar-refractivity contribution in [2.45, 2.75) is 53.0 Å². The van der Waals surface area contributed by atoms with Crippen LogP contribution in [0.4, 0.5) is 5.69 Å². The number of fused-ring (bicyclic) bond motifs is 2. The third kappa shape index (κ3) is 2.14. The normalized spacial score (nSPS) is 33.1. The number of hydrogen-bond donors (Lipinski definition) is 2. The van der Waals surface area contributed by atoms with E-state index in [1.807, 2.05) is 19.1 Å². The molecule has 3 rings (SSSR count). The van der Waals surface area contributed by atoms with Crippen LogP contribution < -0.4 is 5.32 Å². The van der Waals surface area contributed by atoms with Gasteiger partial charge in [-0.15, -0.1) is 0 Å². The molecule has 1 aromatic rings. The zero-order chi connectivity index (χ0) is 15.4. The van der Waals surface area contributed by atoms with E-state index in [4.69, 9.17) is 0 Å². The number of benzene rings is 1. The summed E-state index contributed by atoms with van der Waals surface area (Å²) in [5, 5.41) is 13.0. The molecule has 2 saturated carbocycles. The van der Waals surface area contributed by atoms with Crippen molar-refractivity contribution in [1.29, 1.82) is 0 Å². The first-order valence-corrected chi connectivity index (χ1v) is 7.84. The van der Waals surface area contributed by atoms with Crippen LogP contribution in [0.2, 0.25) is 0 Å². The number of carboxylic acids is 1. The minimum atomic E-state index is -0.858. The van der Waals surface area contributed by atoms with E-state index >= 15 is 0 Å². The Bertz CT molecular complexity index is 588. The van der Waals surface area contributed by atoms with Crippen LogP contribution in [0.5, 0.6) is 0 Å². The summed E-state index contributed by atoms with van der Waals surface area (Å²) in [6, 6.07) is 5.88. The summed E-state index contributed by atoms with van der Waals surface area (Å²) in [4.78, 5) is 11.5. The number of nitrogens with one attached hydrogen (secondary N) is 1. The van der Waals surface area contributed by atoms with Crippen molar-refractivity contribution in [3.8, 4) is 0 Å². The third-order valence-corrected chi connectivity index (χ3v) is 5.98. The highest BCUT2D eigenvalue weighted by atomic mass is 16.4. The van der Waals surface area contributed by atoms with E-state index in [1.54, 1.807) is 6.07 Å². The minimum Gasteiger partial charge on any atom is -0.478 e. The van der Waals surface area contributed by atoms with E-state index in [0.717, 1.165) is 17.2 Å². The van der Waals surface area contributed by atoms with E-state index in [2.05, 4.69) is 26.1 Å². The van der Waals surface area contributed by atoms with Gasteiger partial charge in [0.05, 0.1) is 5.56 Å². The van der Waals surface area contributed by atoms with Crippen molar-refractivity contribution in [2.24, 2.45) is 16.7 Å². The first-order chi connectivity index (χ1) is 9.74. The van der Waals surface area contributed by atoms with Crippen LogP contribution in [0, 0.1) is 23.7 Å². The van der Waals surface area contributed by atoms with Crippen molar-refractivity contribution >= 4 is 11.7 Å². The monoisotopic (exact) mass is 287 g/mol. The third-order valence-electron chi connectivity index (χ3n) is 5.98. The van der Waals surface area contributed by atoms with Gasteiger partial charge in [-0.3, -0.25) is 0 Å². The topological polar surface area (TPSA) is 49.3 Å². The number of hydrogen-bond acceptors (Lipinski definition) is 2. The molecule has 3 unspecified atom stereocenters. The summed E-state index contributed by atoms with van der Waals surface area (Å²) in [5.74, 6) is -0.110. The zero-order valence-corrected chi connectivity index (χ0v) is 13.4. The number of carboxylic acid groups (broad SMARTS) is 1. The molecule has 2 fully saturated rings. The Kier molecular flexibility index (Phi) is 3.09. The van der Waals surface area contributed by atoms with E-state index in [0.29, 0.717) is 11.6 Å². The highest BCUT2D eigenvalue weighted by Crippen LogP contribution is 2.63. The Morgan fingerprint density at radius 1 is 1.33 bits per heavy atom. The van der Waals surface area contributed by atoms with Crippen molar-refractivity contribution in [2.75, 3.05) is 5.32 Å². The van der Waals surface area contributed by atoms with Gasteiger partial charge in [-0.1, -0.05) is 26.8 Å². The molecule has 3 heteroatoms. The van der Waals surface area contributed by atoms with Crippen molar-refractivity contribution in [3.05, 3.63) is 29.3 Å². The number of aromatic carboxylic acids is 1. The van der Waals surface area contributed by atoms with Crippen molar-refractivity contribution in [1.82, 2.24) is 0 Å². The molecular formula is C18H25NO2. The van der Waals surface area contributed by atoms with Gasteiger partial charge >= 0.3 is 5.97 Å². The largest absolute Gasteiger partial charge is 0.478 e. The van der Waals surface area contributed by atoms with Crippen LogP contribution in [0.1, 0.15) is 56.0 Å². The molecule has 114 valence electrons. The molecule has 0 aromatic heterocycles. The Hall–Kier alpha value is -1.51. The lowest BCUT2D eigenvalue weighted by Crippen LogP contribution is -2.46. The Morgan fingerprint density at radius 3 is 2.62 bits per heavy atom. The van der Waals surface area contributed by atoms with E-state index in [9.17, 15) is 9.90 Å². The molecule has 2 aliphatic carbocycles. The summed E-state index contributed by atoms with van der Waals surface area (Å²) < 4.78 is 0. The minimum absolute atomic E-state index is 0.215. The van der Waals surface area contributed by atoms with Crippen LogP contribution in [0.15, 0.2) is 18.2 Å². The van der Waals surface area contributed by atoms with Crippen molar-refractivity contribution in [3.63, 3.8) is 0 Å². The van der Waals surface area contributed by atoms with Gasteiger partial charge in [-0.05, 0) is 60.6 Å². The fraction of sp³-hybridized carbons (Fsp3) is 0.611. The molecule has 1 aromatic carbocycles. The second-order valence-corrected chi connectivity index (χ2v) is 7.85. The maximum Gasteiger partial charge on any atom is 0.337 e. The molecule has 0 heterocycles. The lowest BCUT2D eigenvalue weighted by molar-refractivity contribution is 0.0697. The Labute approximate surface area is 126 Å². The molecule has 2 bridgehead atoms. The summed E-state index contributed by atoms with van der Waals surface area (Å²) in [7, 11) is 0. The van der Waals surface area contributed by atoms with Gasteiger partial charge in [0.1, 0.15) is 0 Å². The standard InChI is InChI=1S/C18H25NO2/c1-11-5-6-13(15(20)21)14(9-11)19-16-17(2,3)12-7-8-18(16,4)10-12/h5-6,9,12,16,19H,7-8,10H2,1-4H3,(H,20,21). The lowest BCUT2D eigenvalue weighted by Gasteiger charge is -2.44. The van der Waals surface area contributed by atoms with Crippen molar-refractivity contribution < 1.29 is 9.90 Å². The molecule has 0 aliphatic heterocycles. The van der Waals surface area contributed by atoms with Crippen LogP contribution in [0.3, 0.4) is 0 Å². The molecule has 0 radical (unpaired) electrons. The van der Waals surface area contributed by atoms with Gasteiger partial charge in [-0.2, -0.15) is 0 Å². The van der Waals surface area contributed by atoms with Gasteiger partial charge in [0, 0.05) is 11.7 Å². The lowest BCUT2D eigenvalue weighted by atomic mass is 9.68. The Balaban J connectivity index is 1.97. The predicted octanol–water partition coefficient (Wildman–Crippen LogP) is 4.32. The second-order valence-electron chi connectivity index (χ2n) is 7.85. The molecule has 0 saturated heterocycles. The molecule has 2 N–H and O–H groups in total. The maximum atomic E-state index is 11.5. The van der Waals surface area contributed by atoms with E-state index in [-0.39, 0.29) is 10.8 Å². The van der Waals surface area contributed by atoms with Gasteiger partial charge in [0.25, 0.3) is 0 Å². The van der Waals surface area contributed by atoms with Gasteiger partial charge in [-0.25, -0.2) is 4.79 Å². The highest BCUT2D eigenvalue weighted by molar-refractivity contribution is 5.94. The summed E-state index contributed by atoms with van der Waals surface area (Å²) in [6.07, 6.45) is 3.81. The summed E-state index contributed by atoms with van der Waals surface area (Å²) >= 11 is 0. The fourth-order valence-corrected chi connectivity index (χ4v) is 4.78. The maximum absolute atomic E-state index is 11.5. The van der Waals surface area contributed by atoms with Crippen LogP contribution in [-0.2, 0) is 0 Å². The molecular weight excluding hydrogens is 262 g/mol. The molecule has 0 amide bonds. The second kappa shape index (κ2) is 4.49. The number of rotatable bonds is 3. The zero-order valence-electron chi connectivity index (χ0n) is 13.4. The summed E-state index contributed by atoms with van der Waals surface area (Å²) in [6.45, 7) is 9.02. The molecule has 3 nitrogen and oxygen atoms in total. The van der Waals surface area contributed by atoms with E-state index in [1.165, 1.54) is 19.3 Å². The van der Waals surface area contributed by atoms with Crippen LogP contribution >= 0.6 is 0 Å². The fourth-order valence-electron chi connectivity index (χ4n) is 4.78. The number of aryl methyl sites for hydroxylation is 1. The highest BCUT2D eigenvalue weighted by Gasteiger charge is 2.59. The first kappa shape index (κ1) is 14.4. The smallest absolute Gasteiger partial charge is 0.337 e. The first-order valence-electron chi connectivity index (χ1n) is 7.84. The number of anilines is 1. The molecule has 2 aliphatic rings. The predicted molar refractivity (Wildman–Crippen MR) is 84.8 cm³/mol. The quantitative estimate of drug-likeness (QED) is 0.870. The van der Waals surface area contributed by atoms with Gasteiger partial charge in [0.15, 0.2) is 0 Å². The average molecular weight is 287 g/mol. The van der Waals surface area contributed by atoms with Gasteiger partial charge < -0.3 is 10.4 Å². The number of carbonyl (C=O) groups is 1. The van der Waals surface area contributed by atoms with Crippen LogP contribution in [-0.4, -0.2) is 17.1 Å². The van der Waals surface area contributed by atoms with Gasteiger partial charge in [0.2, 0.25) is 0 Å². The van der Waals surface area contributed by atoms with Crippen LogP contribution in [0.25, 0.3) is 0 Å². The molecule has 0 spiro atoms. The summed E-state index contributed by atoms with van der Waals surface area (Å²) in [5.41, 5.74) is 2.74. The Morgan fingerprint density at radius 2 is 2.05 bits per heavy atom. The average Bonchev–Trinajstić information content (AvgIpc) is 2.85. The SMILES string of the molecule is Cc1ccc(C(=O)O)c(NC2C3(C)CCC(C3)C2(C)C)c1. The molecule has 3 atom stereocenters. The van der Waals surface area contributed by atoms with E-state index < -0.39 is 5.97 Å². The molecule has 21 heavy (non-hydrogen) atoms.